The van der Waals surface area contributed by atoms with Crippen LogP contribution < -0.4 is 4.74 Å². The molecule has 0 aromatic heterocycles. The molecule has 2 atom stereocenters. The molecular formula is C18H19ClO2. The number of benzene rings is 2. The molecule has 0 aliphatic carbocycles. The van der Waals surface area contributed by atoms with Crippen molar-refractivity contribution >= 4 is 11.6 Å². The molecule has 2 aromatic rings. The van der Waals surface area contributed by atoms with E-state index in [1.54, 1.807) is 0 Å². The largest absolute Gasteiger partial charge is 0.457 e. The molecule has 3 heteroatoms. The van der Waals surface area contributed by atoms with E-state index in [2.05, 4.69) is 6.92 Å². The topological polar surface area (TPSA) is 18.5 Å². The van der Waals surface area contributed by atoms with E-state index < -0.39 is 0 Å². The van der Waals surface area contributed by atoms with Crippen molar-refractivity contribution in [3.8, 4) is 11.5 Å². The minimum atomic E-state index is -0.261. The summed E-state index contributed by atoms with van der Waals surface area (Å²) >= 11 is 6.60. The van der Waals surface area contributed by atoms with Gasteiger partial charge in [-0.2, -0.15) is 0 Å². The van der Waals surface area contributed by atoms with Crippen molar-refractivity contribution in [2.75, 3.05) is 6.61 Å². The number of hydrogen-bond acceptors (Lipinski definition) is 2. The van der Waals surface area contributed by atoms with Gasteiger partial charge >= 0.3 is 0 Å². The summed E-state index contributed by atoms with van der Waals surface area (Å²) in [5.74, 6) is 1.64. The smallest absolute Gasteiger partial charge is 0.127 e. The summed E-state index contributed by atoms with van der Waals surface area (Å²) in [5.41, 5.74) is 0.810. The molecule has 0 amide bonds. The van der Waals surface area contributed by atoms with Gasteiger partial charge in [-0.05, 0) is 49.6 Å². The molecule has 21 heavy (non-hydrogen) atoms. The SMILES string of the molecule is CC1(C(Cl)c2ccc(Oc3ccccc3)cc2)CCCO1. The zero-order valence-corrected chi connectivity index (χ0v) is 12.8. The van der Waals surface area contributed by atoms with Crippen molar-refractivity contribution < 1.29 is 9.47 Å². The average Bonchev–Trinajstić information content (AvgIpc) is 2.96. The number of ether oxygens (including phenoxy) is 2. The van der Waals surface area contributed by atoms with Crippen molar-refractivity contribution in [1.29, 1.82) is 0 Å². The fourth-order valence-electron chi connectivity index (χ4n) is 2.68. The highest BCUT2D eigenvalue weighted by molar-refractivity contribution is 6.21. The lowest BCUT2D eigenvalue weighted by molar-refractivity contribution is 0.0164. The second-order valence-corrected chi connectivity index (χ2v) is 6.05. The number of halogens is 1. The second kappa shape index (κ2) is 6.08. The van der Waals surface area contributed by atoms with Crippen molar-refractivity contribution in [2.24, 2.45) is 0 Å². The summed E-state index contributed by atoms with van der Waals surface area (Å²) in [7, 11) is 0. The van der Waals surface area contributed by atoms with Gasteiger partial charge in [-0.3, -0.25) is 0 Å². The van der Waals surface area contributed by atoms with Crippen molar-refractivity contribution in [3.63, 3.8) is 0 Å². The molecule has 0 saturated carbocycles. The van der Waals surface area contributed by atoms with Gasteiger partial charge in [0.1, 0.15) is 11.5 Å². The first-order valence-electron chi connectivity index (χ1n) is 7.28. The predicted octanol–water partition coefficient (Wildman–Crippen LogP) is 5.33. The molecule has 0 radical (unpaired) electrons. The van der Waals surface area contributed by atoms with Crippen LogP contribution in [-0.4, -0.2) is 12.2 Å². The van der Waals surface area contributed by atoms with E-state index in [4.69, 9.17) is 21.1 Å². The van der Waals surface area contributed by atoms with Crippen molar-refractivity contribution in [2.45, 2.75) is 30.7 Å². The lowest BCUT2D eigenvalue weighted by Crippen LogP contribution is -2.28. The van der Waals surface area contributed by atoms with E-state index in [-0.39, 0.29) is 11.0 Å². The Balaban J connectivity index is 1.72. The Labute approximate surface area is 130 Å². The first-order chi connectivity index (χ1) is 10.2. The summed E-state index contributed by atoms with van der Waals surface area (Å²) in [6, 6.07) is 17.7. The zero-order valence-electron chi connectivity index (χ0n) is 12.1. The van der Waals surface area contributed by atoms with E-state index in [1.807, 2.05) is 54.6 Å². The fraction of sp³-hybridized carbons (Fsp3) is 0.333. The van der Waals surface area contributed by atoms with Crippen LogP contribution in [-0.2, 0) is 4.74 Å². The third-order valence-corrected chi connectivity index (χ3v) is 4.65. The maximum Gasteiger partial charge on any atom is 0.127 e. The minimum absolute atomic E-state index is 0.134. The van der Waals surface area contributed by atoms with Crippen LogP contribution in [0.25, 0.3) is 0 Å². The van der Waals surface area contributed by atoms with Crippen LogP contribution in [0.3, 0.4) is 0 Å². The van der Waals surface area contributed by atoms with Crippen LogP contribution in [0.5, 0.6) is 11.5 Å². The fourth-order valence-corrected chi connectivity index (χ4v) is 3.00. The molecule has 1 fully saturated rings. The minimum Gasteiger partial charge on any atom is -0.457 e. The third-order valence-electron chi connectivity index (χ3n) is 3.94. The normalized spacial score (nSPS) is 23.0. The van der Waals surface area contributed by atoms with Crippen LogP contribution in [0.2, 0.25) is 0 Å². The summed E-state index contributed by atoms with van der Waals surface area (Å²) in [4.78, 5) is 0. The number of rotatable bonds is 4. The van der Waals surface area contributed by atoms with Gasteiger partial charge in [-0.25, -0.2) is 0 Å². The number of hydrogen-bond donors (Lipinski definition) is 0. The molecule has 2 aromatic carbocycles. The van der Waals surface area contributed by atoms with Gasteiger partial charge in [-0.1, -0.05) is 30.3 Å². The summed E-state index contributed by atoms with van der Waals surface area (Å²) in [5, 5.41) is -0.134. The lowest BCUT2D eigenvalue weighted by Gasteiger charge is -2.29. The first-order valence-corrected chi connectivity index (χ1v) is 7.72. The Hall–Kier alpha value is -1.51. The van der Waals surface area contributed by atoms with Crippen LogP contribution in [0.15, 0.2) is 54.6 Å². The van der Waals surface area contributed by atoms with Crippen LogP contribution in [0.1, 0.15) is 30.7 Å². The van der Waals surface area contributed by atoms with Gasteiger partial charge in [0.25, 0.3) is 0 Å². The molecule has 2 unspecified atom stereocenters. The number of para-hydroxylation sites is 1. The van der Waals surface area contributed by atoms with E-state index in [0.29, 0.717) is 0 Å². The molecule has 110 valence electrons. The zero-order chi connectivity index (χ0) is 14.7. The molecule has 3 rings (SSSR count). The summed E-state index contributed by atoms with van der Waals surface area (Å²) < 4.78 is 11.6. The Morgan fingerprint density at radius 3 is 2.33 bits per heavy atom. The molecule has 1 aliphatic heterocycles. The molecule has 1 aliphatic rings. The highest BCUT2D eigenvalue weighted by Crippen LogP contribution is 2.42. The highest BCUT2D eigenvalue weighted by atomic mass is 35.5. The van der Waals surface area contributed by atoms with E-state index in [1.165, 1.54) is 0 Å². The Morgan fingerprint density at radius 2 is 1.71 bits per heavy atom. The molecule has 2 nitrogen and oxygen atoms in total. The third kappa shape index (κ3) is 3.22. The van der Waals surface area contributed by atoms with Gasteiger partial charge in [0.2, 0.25) is 0 Å². The summed E-state index contributed by atoms with van der Waals surface area (Å²) in [6.07, 6.45) is 2.08. The van der Waals surface area contributed by atoms with Gasteiger partial charge in [0.05, 0.1) is 11.0 Å². The standard InChI is InChI=1S/C18H19ClO2/c1-18(12-5-13-20-18)17(19)14-8-10-16(11-9-14)21-15-6-3-2-4-7-15/h2-4,6-11,17H,5,12-13H2,1H3. The maximum absolute atomic E-state index is 6.60. The van der Waals surface area contributed by atoms with Crippen LogP contribution in [0, 0.1) is 0 Å². The molecule has 0 bridgehead atoms. The lowest BCUT2D eigenvalue weighted by atomic mass is 9.93. The molecule has 0 N–H and O–H groups in total. The van der Waals surface area contributed by atoms with Crippen LogP contribution in [0.4, 0.5) is 0 Å². The maximum atomic E-state index is 6.60. The van der Waals surface area contributed by atoms with Gasteiger partial charge in [-0.15, -0.1) is 11.6 Å². The van der Waals surface area contributed by atoms with Crippen molar-refractivity contribution in [1.82, 2.24) is 0 Å². The van der Waals surface area contributed by atoms with E-state index in [9.17, 15) is 0 Å². The van der Waals surface area contributed by atoms with Gasteiger partial charge < -0.3 is 9.47 Å². The summed E-state index contributed by atoms with van der Waals surface area (Å²) in [6.45, 7) is 2.89. The average molecular weight is 303 g/mol. The van der Waals surface area contributed by atoms with Crippen molar-refractivity contribution in [3.05, 3.63) is 60.2 Å². The highest BCUT2D eigenvalue weighted by Gasteiger charge is 2.38. The second-order valence-electron chi connectivity index (χ2n) is 5.61. The van der Waals surface area contributed by atoms with Gasteiger partial charge in [0, 0.05) is 6.61 Å². The number of alkyl halides is 1. The van der Waals surface area contributed by atoms with E-state index >= 15 is 0 Å². The monoisotopic (exact) mass is 302 g/mol. The van der Waals surface area contributed by atoms with E-state index in [0.717, 1.165) is 36.5 Å². The first kappa shape index (κ1) is 14.4. The van der Waals surface area contributed by atoms with Crippen LogP contribution >= 0.6 is 11.6 Å². The quantitative estimate of drug-likeness (QED) is 0.711. The molecule has 1 saturated heterocycles. The Morgan fingerprint density at radius 1 is 1.05 bits per heavy atom. The molecule has 0 spiro atoms. The van der Waals surface area contributed by atoms with Gasteiger partial charge in [0.15, 0.2) is 0 Å². The Kier molecular flexibility index (Phi) is 4.18. The molecule has 1 heterocycles. The Bertz CT molecular complexity index is 574. The molecular weight excluding hydrogens is 284 g/mol. The predicted molar refractivity (Wildman–Crippen MR) is 85.1 cm³/mol.